The van der Waals surface area contributed by atoms with E-state index in [0.717, 1.165) is 123 Å². The van der Waals surface area contributed by atoms with Crippen LogP contribution in [-0.4, -0.2) is 111 Å². The van der Waals surface area contributed by atoms with Crippen LogP contribution in [-0.2, 0) is 22.3 Å². The molecule has 12 nitrogen and oxygen atoms in total. The molecule has 12 rings (SSSR count). The van der Waals surface area contributed by atoms with Gasteiger partial charge in [-0.3, -0.25) is 9.80 Å². The van der Waals surface area contributed by atoms with Crippen molar-refractivity contribution in [1.82, 2.24) is 30.6 Å². The second-order valence-corrected chi connectivity index (χ2v) is 18.4. The predicted octanol–water partition coefficient (Wildman–Crippen LogP) is 7.82. The maximum Gasteiger partial charge on any atom is 0.410 e. The molecule has 0 unspecified atom stereocenters. The van der Waals surface area contributed by atoms with E-state index in [1.807, 2.05) is 36.4 Å². The molecule has 14 heteroatoms. The van der Waals surface area contributed by atoms with E-state index >= 15 is 0 Å². The number of nitrogens with zero attached hydrogens (tertiary/aromatic N) is 4. The lowest BCUT2D eigenvalue weighted by Crippen LogP contribution is -2.51. The smallest absolute Gasteiger partial charge is 0.410 e. The van der Waals surface area contributed by atoms with Crippen LogP contribution < -0.4 is 20.6 Å². The number of hydrogen-bond donors (Lipinski definition) is 2. The molecular weight excluding hydrogens is 819 g/mol. The SMILES string of the molecule is CNOc1ccc2c(c1)CCN(C(=O)OCC13CCN(CC1)CC3)[C@@H]2c1ccc(F)cc1.CNOc1ccc2c(c1)CCN(C(=O)OCC13CCN(CC1)CC3)[C@H]2c1ccc(F)cc1. The largest absolute Gasteiger partial charge is 0.449 e. The Kier molecular flexibility index (Phi) is 13.1. The van der Waals surface area contributed by atoms with Crippen molar-refractivity contribution in [3.63, 3.8) is 0 Å². The van der Waals surface area contributed by atoms with Gasteiger partial charge >= 0.3 is 12.2 Å². The van der Waals surface area contributed by atoms with Crippen molar-refractivity contribution in [2.45, 2.75) is 63.5 Å². The van der Waals surface area contributed by atoms with Crippen molar-refractivity contribution in [3.05, 3.63) is 130 Å². The number of hydrogen-bond acceptors (Lipinski definition) is 10. The van der Waals surface area contributed by atoms with Crippen molar-refractivity contribution in [2.24, 2.45) is 10.8 Å². The molecule has 6 fully saturated rings. The number of carbonyl (C=O) groups is 2. The molecule has 340 valence electrons. The molecule has 8 heterocycles. The summed E-state index contributed by atoms with van der Waals surface area (Å²) in [5.41, 5.74) is 11.7. The van der Waals surface area contributed by atoms with Crippen LogP contribution in [0.2, 0.25) is 0 Å². The zero-order chi connectivity index (χ0) is 44.3. The first-order chi connectivity index (χ1) is 31.1. The zero-order valence-corrected chi connectivity index (χ0v) is 37.0. The van der Waals surface area contributed by atoms with Crippen LogP contribution in [0.15, 0.2) is 84.9 Å². The van der Waals surface area contributed by atoms with E-state index in [9.17, 15) is 18.4 Å². The van der Waals surface area contributed by atoms with Gasteiger partial charge in [-0.2, -0.15) is 11.0 Å². The highest BCUT2D eigenvalue weighted by Gasteiger charge is 2.43. The third kappa shape index (κ3) is 9.42. The number of halogens is 2. The standard InChI is InChI=1S/2C25H30FN3O3/c2*1-27-32-21-6-7-22-19(16-21)8-12-29(23(22)18-2-4-20(26)5-3-18)24(30)31-17-25-9-13-28(14-10-25)15-11-25/h2*2-7,16,23,27H,8-15,17H2,1H3/t2*23-/m10/s1. The van der Waals surface area contributed by atoms with Crippen LogP contribution in [0.3, 0.4) is 0 Å². The van der Waals surface area contributed by atoms with E-state index in [2.05, 4.69) is 20.8 Å². The van der Waals surface area contributed by atoms with Gasteiger partial charge in [0, 0.05) is 38.0 Å². The van der Waals surface area contributed by atoms with Crippen LogP contribution in [0.5, 0.6) is 11.5 Å². The Morgan fingerprint density at radius 1 is 0.547 bits per heavy atom. The Morgan fingerprint density at radius 3 is 1.25 bits per heavy atom. The highest BCUT2D eigenvalue weighted by atomic mass is 19.1. The fourth-order valence-electron chi connectivity index (χ4n) is 10.8. The summed E-state index contributed by atoms with van der Waals surface area (Å²) in [6.07, 6.45) is 7.42. The number of carbonyl (C=O) groups excluding carboxylic acids is 2. The van der Waals surface area contributed by atoms with E-state index in [0.29, 0.717) is 39.1 Å². The molecule has 0 aromatic heterocycles. The minimum absolute atomic E-state index is 0.128. The summed E-state index contributed by atoms with van der Waals surface area (Å²) in [7, 11) is 3.43. The first kappa shape index (κ1) is 43.9. The van der Waals surface area contributed by atoms with Crippen molar-refractivity contribution in [2.75, 3.05) is 79.7 Å². The van der Waals surface area contributed by atoms with E-state index < -0.39 is 0 Å². The summed E-state index contributed by atoms with van der Waals surface area (Å²) in [6, 6.07) is 23.9. The number of piperidine rings is 6. The maximum absolute atomic E-state index is 13.6. The van der Waals surface area contributed by atoms with Gasteiger partial charge in [0.15, 0.2) is 0 Å². The summed E-state index contributed by atoms with van der Waals surface area (Å²) >= 11 is 0. The van der Waals surface area contributed by atoms with E-state index in [1.54, 1.807) is 48.2 Å². The van der Waals surface area contributed by atoms with Crippen molar-refractivity contribution in [3.8, 4) is 11.5 Å². The van der Waals surface area contributed by atoms with Gasteiger partial charge in [-0.15, -0.1) is 0 Å². The molecule has 4 aromatic carbocycles. The highest BCUT2D eigenvalue weighted by molar-refractivity contribution is 5.71. The Balaban J connectivity index is 0.000000162. The third-order valence-electron chi connectivity index (χ3n) is 14.7. The van der Waals surface area contributed by atoms with Crippen molar-refractivity contribution < 1.29 is 37.5 Å². The van der Waals surface area contributed by atoms with Crippen molar-refractivity contribution in [1.29, 1.82) is 0 Å². The molecule has 4 bridgehead atoms. The van der Waals surface area contributed by atoms with Crippen LogP contribution in [0.4, 0.5) is 18.4 Å². The second kappa shape index (κ2) is 19.1. The molecule has 2 atom stereocenters. The average Bonchev–Trinajstić information content (AvgIpc) is 3.34. The molecule has 0 aliphatic carbocycles. The lowest BCUT2D eigenvalue weighted by molar-refractivity contribution is -0.0301. The monoisotopic (exact) mass is 878 g/mol. The molecular formula is C50H60F2N6O6. The summed E-state index contributed by atoms with van der Waals surface area (Å²) in [5.74, 6) is 0.865. The quantitative estimate of drug-likeness (QED) is 0.153. The molecule has 8 aliphatic heterocycles. The average molecular weight is 879 g/mol. The maximum atomic E-state index is 13.6. The van der Waals surface area contributed by atoms with Gasteiger partial charge in [0.25, 0.3) is 0 Å². The van der Waals surface area contributed by atoms with E-state index in [4.69, 9.17) is 19.1 Å². The van der Waals surface area contributed by atoms with Gasteiger partial charge in [0.1, 0.15) is 23.1 Å². The molecule has 64 heavy (non-hydrogen) atoms. The van der Waals surface area contributed by atoms with E-state index in [1.165, 1.54) is 24.3 Å². The number of hydroxylamine groups is 2. The molecule has 2 N–H and O–H groups in total. The first-order valence-corrected chi connectivity index (χ1v) is 22.9. The first-order valence-electron chi connectivity index (χ1n) is 22.9. The van der Waals surface area contributed by atoms with E-state index in [-0.39, 0.29) is 46.7 Å². The third-order valence-corrected chi connectivity index (χ3v) is 14.7. The topological polar surface area (TPSA) is 108 Å². The van der Waals surface area contributed by atoms with Crippen molar-refractivity contribution >= 4 is 12.2 Å². The summed E-state index contributed by atoms with van der Waals surface area (Å²) in [5, 5.41) is 0. The predicted molar refractivity (Wildman–Crippen MR) is 238 cm³/mol. The summed E-state index contributed by atoms with van der Waals surface area (Å²) < 4.78 is 39.2. The fraction of sp³-hybridized carbons (Fsp3) is 0.480. The van der Waals surface area contributed by atoms with Crippen LogP contribution >= 0.6 is 0 Å². The minimum Gasteiger partial charge on any atom is -0.449 e. The number of rotatable bonds is 10. The Labute approximate surface area is 374 Å². The molecule has 0 radical (unpaired) electrons. The molecule has 6 saturated heterocycles. The Morgan fingerprint density at radius 2 is 0.906 bits per heavy atom. The van der Waals surface area contributed by atoms with Gasteiger partial charge in [-0.1, -0.05) is 36.4 Å². The van der Waals surface area contributed by atoms with Crippen LogP contribution in [0, 0.1) is 22.5 Å². The van der Waals surface area contributed by atoms with Gasteiger partial charge in [-0.05, 0) is 173 Å². The normalized spacial score (nSPS) is 26.5. The van der Waals surface area contributed by atoms with Gasteiger partial charge in [-0.25, -0.2) is 18.4 Å². The number of benzene rings is 4. The molecule has 8 aliphatic rings. The molecule has 4 aromatic rings. The minimum atomic E-state index is -0.318. The van der Waals surface area contributed by atoms with Crippen LogP contribution in [0.25, 0.3) is 0 Å². The number of ether oxygens (including phenoxy) is 2. The van der Waals surface area contributed by atoms with Gasteiger partial charge in [0.05, 0.1) is 25.3 Å². The Hall–Kier alpha value is -5.28. The number of amides is 2. The Bertz CT molecular complexity index is 2080. The number of nitrogens with one attached hydrogen (secondary N) is 2. The highest BCUT2D eigenvalue weighted by Crippen LogP contribution is 2.43. The molecule has 2 amide bonds. The molecule has 0 saturated carbocycles. The van der Waals surface area contributed by atoms with Crippen LogP contribution in [0.1, 0.15) is 84.0 Å². The van der Waals surface area contributed by atoms with Gasteiger partial charge in [0.2, 0.25) is 0 Å². The lowest BCUT2D eigenvalue weighted by atomic mass is 9.73. The summed E-state index contributed by atoms with van der Waals surface area (Å²) in [6.45, 7) is 8.65. The summed E-state index contributed by atoms with van der Waals surface area (Å²) in [4.78, 5) is 46.1. The zero-order valence-electron chi connectivity index (χ0n) is 37.0. The fourth-order valence-corrected chi connectivity index (χ4v) is 10.8. The number of fused-ring (bicyclic) bond motifs is 8. The van der Waals surface area contributed by atoms with Gasteiger partial charge < -0.3 is 28.9 Å². The molecule has 0 spiro atoms. The second-order valence-electron chi connectivity index (χ2n) is 18.4. The lowest BCUT2D eigenvalue weighted by Gasteiger charge is -2.48.